The van der Waals surface area contributed by atoms with Gasteiger partial charge in [-0.25, -0.2) is 0 Å². The molecule has 0 saturated heterocycles. The van der Waals surface area contributed by atoms with Crippen LogP contribution in [0.3, 0.4) is 0 Å². The van der Waals surface area contributed by atoms with Crippen molar-refractivity contribution >= 4 is 11.6 Å². The van der Waals surface area contributed by atoms with E-state index in [0.717, 1.165) is 11.6 Å². The Morgan fingerprint density at radius 3 is 2.40 bits per heavy atom. The zero-order valence-electron chi connectivity index (χ0n) is 5.60. The van der Waals surface area contributed by atoms with Gasteiger partial charge in [0.25, 0.3) is 0 Å². The maximum atomic E-state index is 5.68. The van der Waals surface area contributed by atoms with Gasteiger partial charge in [-0.3, -0.25) is 0 Å². The van der Waals surface area contributed by atoms with E-state index in [2.05, 4.69) is 12.4 Å². The van der Waals surface area contributed by atoms with Gasteiger partial charge in [0.2, 0.25) is 0 Å². The molecular formula is C8H9ClN. The minimum Gasteiger partial charge on any atom is -0.311 e. The molecule has 1 nitrogen and oxygen atoms in total. The smallest absolute Gasteiger partial charge is 0.0406 e. The Bertz CT molecular complexity index is 193. The second kappa shape index (κ2) is 3.59. The number of benzene rings is 1. The van der Waals surface area contributed by atoms with Crippen LogP contribution in [0.5, 0.6) is 0 Å². The maximum absolute atomic E-state index is 5.68. The van der Waals surface area contributed by atoms with Crippen LogP contribution in [0.15, 0.2) is 24.3 Å². The molecule has 0 aliphatic heterocycles. The summed E-state index contributed by atoms with van der Waals surface area (Å²) in [4.78, 5) is 0. The fourth-order valence-corrected chi connectivity index (χ4v) is 0.873. The summed E-state index contributed by atoms with van der Waals surface area (Å²) in [6.07, 6.45) is 0. The van der Waals surface area contributed by atoms with Gasteiger partial charge in [-0.15, -0.1) is 0 Å². The third-order valence-corrected chi connectivity index (χ3v) is 1.49. The molecule has 0 atom stereocenters. The lowest BCUT2D eigenvalue weighted by Crippen LogP contribution is -2.01. The molecule has 0 heterocycles. The number of rotatable bonds is 2. The molecule has 0 aromatic heterocycles. The predicted octanol–water partition coefficient (Wildman–Crippen LogP) is 2.22. The lowest BCUT2D eigenvalue weighted by Gasteiger charge is -1.97. The summed E-state index contributed by atoms with van der Waals surface area (Å²) < 4.78 is 0. The van der Waals surface area contributed by atoms with Crippen molar-refractivity contribution in [3.05, 3.63) is 41.9 Å². The second-order valence-corrected chi connectivity index (χ2v) is 2.49. The topological polar surface area (TPSA) is 12.0 Å². The van der Waals surface area contributed by atoms with Gasteiger partial charge in [-0.05, 0) is 17.7 Å². The first-order valence-electron chi connectivity index (χ1n) is 3.07. The SMILES string of the molecule is [CH2]NCc1ccc(Cl)cc1. The van der Waals surface area contributed by atoms with Gasteiger partial charge in [0, 0.05) is 18.6 Å². The van der Waals surface area contributed by atoms with Crippen LogP contribution < -0.4 is 5.32 Å². The van der Waals surface area contributed by atoms with Crippen LogP contribution in [-0.2, 0) is 6.54 Å². The van der Waals surface area contributed by atoms with E-state index in [9.17, 15) is 0 Å². The molecule has 10 heavy (non-hydrogen) atoms. The van der Waals surface area contributed by atoms with Crippen molar-refractivity contribution < 1.29 is 0 Å². The van der Waals surface area contributed by atoms with E-state index < -0.39 is 0 Å². The molecule has 0 amide bonds. The summed E-state index contributed by atoms with van der Waals surface area (Å²) in [5.74, 6) is 0. The number of hydrogen-bond donors (Lipinski definition) is 1. The fraction of sp³-hybridized carbons (Fsp3) is 0.125. The molecule has 0 spiro atoms. The maximum Gasteiger partial charge on any atom is 0.0406 e. The van der Waals surface area contributed by atoms with E-state index in [4.69, 9.17) is 11.6 Å². The van der Waals surface area contributed by atoms with E-state index in [-0.39, 0.29) is 0 Å². The first-order chi connectivity index (χ1) is 4.83. The summed E-state index contributed by atoms with van der Waals surface area (Å²) in [6.45, 7) is 0.789. The lowest BCUT2D eigenvalue weighted by atomic mass is 10.2. The Morgan fingerprint density at radius 2 is 1.90 bits per heavy atom. The van der Waals surface area contributed by atoms with E-state index in [1.54, 1.807) is 0 Å². The zero-order valence-corrected chi connectivity index (χ0v) is 6.36. The van der Waals surface area contributed by atoms with Crippen LogP contribution in [-0.4, -0.2) is 0 Å². The summed E-state index contributed by atoms with van der Waals surface area (Å²) in [7, 11) is 3.52. The van der Waals surface area contributed by atoms with Crippen molar-refractivity contribution in [3.8, 4) is 0 Å². The lowest BCUT2D eigenvalue weighted by molar-refractivity contribution is 0.866. The summed E-state index contributed by atoms with van der Waals surface area (Å²) in [5, 5.41) is 3.58. The minimum atomic E-state index is 0.771. The summed E-state index contributed by atoms with van der Waals surface area (Å²) in [6, 6.07) is 7.68. The number of nitrogens with one attached hydrogen (secondary N) is 1. The highest BCUT2D eigenvalue weighted by Gasteiger charge is 1.88. The monoisotopic (exact) mass is 154 g/mol. The molecular weight excluding hydrogens is 146 g/mol. The van der Waals surface area contributed by atoms with Gasteiger partial charge in [0.1, 0.15) is 0 Å². The van der Waals surface area contributed by atoms with Gasteiger partial charge >= 0.3 is 0 Å². The van der Waals surface area contributed by atoms with Crippen LogP contribution >= 0.6 is 11.6 Å². The molecule has 0 unspecified atom stereocenters. The molecule has 0 bridgehead atoms. The Balaban J connectivity index is 2.69. The molecule has 2 heteroatoms. The Labute approximate surface area is 66.0 Å². The number of halogens is 1. The van der Waals surface area contributed by atoms with Crippen LogP contribution in [0, 0.1) is 7.05 Å². The highest BCUT2D eigenvalue weighted by atomic mass is 35.5. The molecule has 1 aromatic carbocycles. The molecule has 1 radical (unpaired) electrons. The van der Waals surface area contributed by atoms with Crippen LogP contribution in [0.2, 0.25) is 5.02 Å². The molecule has 0 aliphatic carbocycles. The second-order valence-electron chi connectivity index (χ2n) is 2.05. The zero-order chi connectivity index (χ0) is 7.40. The van der Waals surface area contributed by atoms with Gasteiger partial charge in [-0.2, -0.15) is 0 Å². The predicted molar refractivity (Wildman–Crippen MR) is 43.6 cm³/mol. The average molecular weight is 155 g/mol. The third-order valence-electron chi connectivity index (χ3n) is 1.24. The first kappa shape index (κ1) is 7.58. The average Bonchev–Trinajstić information content (AvgIpc) is 1.95. The Hall–Kier alpha value is -0.530. The number of hydrogen-bond acceptors (Lipinski definition) is 1. The van der Waals surface area contributed by atoms with Crippen molar-refractivity contribution in [2.75, 3.05) is 0 Å². The van der Waals surface area contributed by atoms with E-state index >= 15 is 0 Å². The van der Waals surface area contributed by atoms with Crippen LogP contribution in [0.4, 0.5) is 0 Å². The van der Waals surface area contributed by atoms with Crippen LogP contribution in [0.1, 0.15) is 5.56 Å². The summed E-state index contributed by atoms with van der Waals surface area (Å²) in [5.41, 5.74) is 1.19. The normalized spacial score (nSPS) is 9.80. The van der Waals surface area contributed by atoms with Gasteiger partial charge < -0.3 is 5.32 Å². The van der Waals surface area contributed by atoms with Gasteiger partial charge in [0.05, 0.1) is 0 Å². The molecule has 53 valence electrons. The van der Waals surface area contributed by atoms with E-state index in [0.29, 0.717) is 0 Å². The van der Waals surface area contributed by atoms with Gasteiger partial charge in [0.15, 0.2) is 0 Å². The molecule has 0 aliphatic rings. The molecule has 1 rings (SSSR count). The van der Waals surface area contributed by atoms with Crippen molar-refractivity contribution in [1.29, 1.82) is 0 Å². The van der Waals surface area contributed by atoms with Crippen molar-refractivity contribution in [3.63, 3.8) is 0 Å². The molecule has 0 fully saturated rings. The minimum absolute atomic E-state index is 0.771. The van der Waals surface area contributed by atoms with E-state index in [1.807, 2.05) is 24.3 Å². The standard InChI is InChI=1S/C8H9ClN/c1-10-6-7-2-4-8(9)5-3-7/h2-5,10H,1,6H2. The van der Waals surface area contributed by atoms with Crippen LogP contribution in [0.25, 0.3) is 0 Å². The highest BCUT2D eigenvalue weighted by molar-refractivity contribution is 6.30. The summed E-state index contributed by atoms with van der Waals surface area (Å²) >= 11 is 5.68. The fourth-order valence-electron chi connectivity index (χ4n) is 0.747. The van der Waals surface area contributed by atoms with Crippen molar-refractivity contribution in [2.24, 2.45) is 0 Å². The highest BCUT2D eigenvalue weighted by Crippen LogP contribution is 2.08. The quantitative estimate of drug-likeness (QED) is 0.689. The first-order valence-corrected chi connectivity index (χ1v) is 3.45. The molecule has 0 saturated carbocycles. The van der Waals surface area contributed by atoms with Crippen molar-refractivity contribution in [1.82, 2.24) is 5.32 Å². The third kappa shape index (κ3) is 2.01. The van der Waals surface area contributed by atoms with E-state index in [1.165, 1.54) is 5.56 Å². The van der Waals surface area contributed by atoms with Crippen molar-refractivity contribution in [2.45, 2.75) is 6.54 Å². The largest absolute Gasteiger partial charge is 0.311 e. The molecule has 1 aromatic rings. The Kier molecular flexibility index (Phi) is 2.72. The molecule has 1 N–H and O–H groups in total. The Morgan fingerprint density at radius 1 is 1.30 bits per heavy atom. The van der Waals surface area contributed by atoms with Gasteiger partial charge in [-0.1, -0.05) is 23.7 Å².